The summed E-state index contributed by atoms with van der Waals surface area (Å²) in [6.45, 7) is 8.47. The molecule has 0 aliphatic heterocycles. The maximum atomic E-state index is 3.28. The molecule has 1 rings (SSSR count). The third kappa shape index (κ3) is 3.16. The average Bonchev–Trinajstić information content (AvgIpc) is 1.82. The number of benzene rings is 1. The summed E-state index contributed by atoms with van der Waals surface area (Å²) in [5.74, 6) is 0. The molecular formula is C11H16Mg. The van der Waals surface area contributed by atoms with Crippen LogP contribution in [0.2, 0.25) is 0 Å². The van der Waals surface area contributed by atoms with Gasteiger partial charge in [0.2, 0.25) is 0 Å². The summed E-state index contributed by atoms with van der Waals surface area (Å²) >= 11 is 0. The predicted octanol–water partition coefficient (Wildman–Crippen LogP) is 2.79. The van der Waals surface area contributed by atoms with E-state index in [-0.39, 0.29) is 30.5 Å². The quantitative estimate of drug-likeness (QED) is 0.417. The van der Waals surface area contributed by atoms with E-state index in [0.29, 0.717) is 0 Å². The van der Waals surface area contributed by atoms with E-state index < -0.39 is 0 Å². The normalized spacial score (nSPS) is 8.33. The van der Waals surface area contributed by atoms with Crippen LogP contribution in [0.4, 0.5) is 0 Å². The van der Waals surface area contributed by atoms with Gasteiger partial charge in [-0.25, -0.2) is 0 Å². The molecule has 1 heteroatoms. The molecule has 0 aliphatic carbocycles. The molecular weight excluding hydrogens is 156 g/mol. The Morgan fingerprint density at radius 1 is 1.08 bits per heavy atom. The van der Waals surface area contributed by atoms with Gasteiger partial charge >= 0.3 is 23.1 Å². The Labute approximate surface area is 92.5 Å². The van der Waals surface area contributed by atoms with Gasteiger partial charge in [-0.15, -0.1) is 0 Å². The molecule has 0 fully saturated rings. The number of aryl methyl sites for hydroxylation is 3. The molecule has 0 N–H and O–H groups in total. The second-order valence-corrected chi connectivity index (χ2v) is 2.89. The minimum Gasteiger partial charge on any atom is -0.358 e. The van der Waals surface area contributed by atoms with Gasteiger partial charge in [0.25, 0.3) is 0 Å². The van der Waals surface area contributed by atoms with Crippen molar-refractivity contribution in [1.29, 1.82) is 0 Å². The Balaban J connectivity index is 0. The van der Waals surface area contributed by atoms with Crippen molar-refractivity contribution in [3.05, 3.63) is 41.8 Å². The van der Waals surface area contributed by atoms with Crippen LogP contribution in [0, 0.1) is 41.2 Å². The van der Waals surface area contributed by atoms with E-state index in [9.17, 15) is 0 Å². The first-order valence-electron chi connectivity index (χ1n) is 3.58. The van der Waals surface area contributed by atoms with E-state index in [1.807, 2.05) is 0 Å². The fraction of sp³-hybridized carbons (Fsp3) is 0.364. The fourth-order valence-corrected chi connectivity index (χ4v) is 1.15. The van der Waals surface area contributed by atoms with Gasteiger partial charge in [-0.05, 0) is 0 Å². The fourth-order valence-electron chi connectivity index (χ4n) is 1.15. The summed E-state index contributed by atoms with van der Waals surface area (Å²) in [5, 5.41) is 0. The van der Waals surface area contributed by atoms with Crippen molar-refractivity contribution in [3.63, 3.8) is 0 Å². The summed E-state index contributed by atoms with van der Waals surface area (Å²) in [6.07, 6.45) is 0. The van der Waals surface area contributed by atoms with Crippen molar-refractivity contribution >= 4 is 23.1 Å². The topological polar surface area (TPSA) is 0 Å². The van der Waals surface area contributed by atoms with E-state index >= 15 is 0 Å². The third-order valence-electron chi connectivity index (χ3n) is 1.97. The molecule has 0 aliphatic rings. The van der Waals surface area contributed by atoms with E-state index in [1.54, 1.807) is 0 Å². The zero-order valence-electron chi connectivity index (χ0n) is 8.78. The van der Waals surface area contributed by atoms with E-state index in [1.165, 1.54) is 22.3 Å². The molecule has 0 atom stereocenters. The van der Waals surface area contributed by atoms with E-state index in [4.69, 9.17) is 0 Å². The summed E-state index contributed by atoms with van der Waals surface area (Å²) in [6, 6.07) is 5.45. The van der Waals surface area contributed by atoms with Crippen molar-refractivity contribution in [2.75, 3.05) is 0 Å². The SMILES string of the molecule is Cc1[c-]c(C)c(C)c(C)c1.[CH3-].[Mg+2]. The Hall–Kier alpha value is -0.0138. The summed E-state index contributed by atoms with van der Waals surface area (Å²) in [4.78, 5) is 0. The van der Waals surface area contributed by atoms with Crippen molar-refractivity contribution in [2.24, 2.45) is 0 Å². The maximum absolute atomic E-state index is 3.28. The summed E-state index contributed by atoms with van der Waals surface area (Å²) in [7, 11) is 0. The van der Waals surface area contributed by atoms with Crippen LogP contribution in [-0.4, -0.2) is 23.1 Å². The molecule has 0 unspecified atom stereocenters. The Bertz CT molecular complexity index is 228. The first kappa shape index (κ1) is 14.5. The summed E-state index contributed by atoms with van der Waals surface area (Å²) < 4.78 is 0. The second-order valence-electron chi connectivity index (χ2n) is 2.89. The molecule has 1 aromatic carbocycles. The molecule has 0 radical (unpaired) electrons. The van der Waals surface area contributed by atoms with Crippen LogP contribution in [0.1, 0.15) is 22.3 Å². The molecule has 1 aromatic rings. The standard InChI is InChI=1S/C10H13.CH3.Mg/c1-7-5-8(2)10(4)9(3)6-7;;/h5H,1-4H3;1H3;/q2*-1;+2. The largest absolute Gasteiger partial charge is 2.00 e. The smallest absolute Gasteiger partial charge is 0.358 e. The Morgan fingerprint density at radius 3 is 2.00 bits per heavy atom. The molecule has 0 amide bonds. The molecule has 0 saturated carbocycles. The van der Waals surface area contributed by atoms with Gasteiger partial charge in [0.15, 0.2) is 0 Å². The molecule has 0 aromatic heterocycles. The van der Waals surface area contributed by atoms with Gasteiger partial charge in [0.05, 0.1) is 0 Å². The molecule has 0 spiro atoms. The third-order valence-corrected chi connectivity index (χ3v) is 1.97. The number of hydrogen-bond donors (Lipinski definition) is 0. The summed E-state index contributed by atoms with van der Waals surface area (Å²) in [5.41, 5.74) is 5.25. The van der Waals surface area contributed by atoms with Gasteiger partial charge < -0.3 is 7.43 Å². The minimum atomic E-state index is 0. The van der Waals surface area contributed by atoms with Crippen molar-refractivity contribution in [1.82, 2.24) is 0 Å². The van der Waals surface area contributed by atoms with E-state index in [2.05, 4.69) is 39.8 Å². The second kappa shape index (κ2) is 5.60. The number of rotatable bonds is 0. The molecule has 0 nitrogen and oxygen atoms in total. The van der Waals surface area contributed by atoms with Crippen LogP contribution in [0.3, 0.4) is 0 Å². The monoisotopic (exact) mass is 172 g/mol. The predicted molar refractivity (Wildman–Crippen MR) is 56.4 cm³/mol. The van der Waals surface area contributed by atoms with Crippen LogP contribution in [0.15, 0.2) is 6.07 Å². The Kier molecular flexibility index (Phi) is 6.77. The zero-order chi connectivity index (χ0) is 7.72. The number of hydrogen-bond acceptors (Lipinski definition) is 0. The van der Waals surface area contributed by atoms with Gasteiger partial charge in [-0.2, -0.15) is 34.4 Å². The van der Waals surface area contributed by atoms with Gasteiger partial charge in [-0.1, -0.05) is 27.7 Å². The van der Waals surface area contributed by atoms with Crippen LogP contribution < -0.4 is 0 Å². The Morgan fingerprint density at radius 2 is 1.58 bits per heavy atom. The molecule has 0 heterocycles. The maximum Gasteiger partial charge on any atom is 2.00 e. The minimum absolute atomic E-state index is 0. The van der Waals surface area contributed by atoms with Gasteiger partial charge in [0, 0.05) is 0 Å². The van der Waals surface area contributed by atoms with Crippen LogP contribution >= 0.6 is 0 Å². The first-order valence-corrected chi connectivity index (χ1v) is 3.58. The van der Waals surface area contributed by atoms with Gasteiger partial charge in [-0.3, -0.25) is 0 Å². The van der Waals surface area contributed by atoms with Crippen LogP contribution in [0.5, 0.6) is 0 Å². The first-order chi connectivity index (χ1) is 4.61. The molecule has 62 valence electrons. The van der Waals surface area contributed by atoms with Crippen molar-refractivity contribution in [2.45, 2.75) is 27.7 Å². The molecule has 0 saturated heterocycles. The van der Waals surface area contributed by atoms with Crippen molar-refractivity contribution in [3.8, 4) is 0 Å². The molecule has 0 bridgehead atoms. The van der Waals surface area contributed by atoms with Crippen LogP contribution in [0.25, 0.3) is 0 Å². The van der Waals surface area contributed by atoms with Crippen LogP contribution in [-0.2, 0) is 0 Å². The average molecular weight is 173 g/mol. The van der Waals surface area contributed by atoms with Crippen molar-refractivity contribution < 1.29 is 0 Å². The molecule has 12 heavy (non-hydrogen) atoms. The van der Waals surface area contributed by atoms with Gasteiger partial charge in [0.1, 0.15) is 0 Å². The van der Waals surface area contributed by atoms with E-state index in [0.717, 1.165) is 0 Å². The zero-order valence-corrected chi connectivity index (χ0v) is 10.2.